The van der Waals surface area contributed by atoms with Crippen LogP contribution in [0.2, 0.25) is 0 Å². The summed E-state index contributed by atoms with van der Waals surface area (Å²) >= 11 is 3.49. The predicted octanol–water partition coefficient (Wildman–Crippen LogP) is 4.52. The second kappa shape index (κ2) is 7.66. The van der Waals surface area contributed by atoms with E-state index in [0.717, 1.165) is 31.0 Å². The van der Waals surface area contributed by atoms with Crippen molar-refractivity contribution in [1.82, 2.24) is 5.32 Å². The van der Waals surface area contributed by atoms with Crippen LogP contribution in [0.1, 0.15) is 66.2 Å². The highest BCUT2D eigenvalue weighted by atomic mass is 79.9. The summed E-state index contributed by atoms with van der Waals surface area (Å²) in [6.45, 7) is 8.84. The third-order valence-corrected chi connectivity index (χ3v) is 4.84. The van der Waals surface area contributed by atoms with Gasteiger partial charge in [-0.15, -0.1) is 0 Å². The molecular weight excluding hydrogens is 302 g/mol. The van der Waals surface area contributed by atoms with Gasteiger partial charge in [0.25, 0.3) is 0 Å². The molecule has 0 aromatic carbocycles. The lowest BCUT2D eigenvalue weighted by molar-refractivity contribution is -0.132. The Morgan fingerprint density at radius 3 is 2.21 bits per heavy atom. The molecular formula is C16H30BrNO. The molecule has 1 N–H and O–H groups in total. The fourth-order valence-electron chi connectivity index (χ4n) is 3.37. The molecule has 0 saturated heterocycles. The summed E-state index contributed by atoms with van der Waals surface area (Å²) in [5, 5.41) is 4.29. The number of hydrogen-bond acceptors (Lipinski definition) is 1. The van der Waals surface area contributed by atoms with Gasteiger partial charge in [0.1, 0.15) is 0 Å². The van der Waals surface area contributed by atoms with Crippen molar-refractivity contribution >= 4 is 21.8 Å². The van der Waals surface area contributed by atoms with E-state index in [4.69, 9.17) is 0 Å². The van der Waals surface area contributed by atoms with Crippen molar-refractivity contribution < 1.29 is 4.79 Å². The van der Waals surface area contributed by atoms with Crippen LogP contribution >= 0.6 is 15.9 Å². The van der Waals surface area contributed by atoms with Crippen molar-refractivity contribution in [2.24, 2.45) is 17.3 Å². The second-order valence-electron chi connectivity index (χ2n) is 6.89. The zero-order valence-electron chi connectivity index (χ0n) is 13.0. The lowest BCUT2D eigenvalue weighted by Gasteiger charge is -2.33. The Morgan fingerprint density at radius 1 is 1.21 bits per heavy atom. The van der Waals surface area contributed by atoms with E-state index in [-0.39, 0.29) is 5.41 Å². The van der Waals surface area contributed by atoms with Gasteiger partial charge in [-0.25, -0.2) is 0 Å². The zero-order valence-corrected chi connectivity index (χ0v) is 14.6. The van der Waals surface area contributed by atoms with E-state index in [1.54, 1.807) is 0 Å². The first-order valence-electron chi connectivity index (χ1n) is 7.78. The SMILES string of the molecule is CC(C)CC1(C(=O)NC(CCBr)C(C)C)CCCC1. The van der Waals surface area contributed by atoms with Gasteiger partial charge in [-0.05, 0) is 37.5 Å². The van der Waals surface area contributed by atoms with Crippen LogP contribution in [0.15, 0.2) is 0 Å². The Kier molecular flexibility index (Phi) is 6.85. The van der Waals surface area contributed by atoms with E-state index < -0.39 is 0 Å². The monoisotopic (exact) mass is 331 g/mol. The Hall–Kier alpha value is -0.0500. The number of nitrogens with one attached hydrogen (secondary N) is 1. The Morgan fingerprint density at radius 2 is 1.79 bits per heavy atom. The van der Waals surface area contributed by atoms with E-state index in [9.17, 15) is 4.79 Å². The number of alkyl halides is 1. The summed E-state index contributed by atoms with van der Waals surface area (Å²) < 4.78 is 0. The molecule has 1 saturated carbocycles. The Balaban J connectivity index is 2.71. The van der Waals surface area contributed by atoms with E-state index in [2.05, 4.69) is 48.9 Å². The smallest absolute Gasteiger partial charge is 0.226 e. The second-order valence-corrected chi connectivity index (χ2v) is 7.68. The van der Waals surface area contributed by atoms with Gasteiger partial charge in [0.2, 0.25) is 5.91 Å². The first kappa shape index (κ1) is 17.0. The molecule has 1 unspecified atom stereocenters. The molecule has 1 atom stereocenters. The average Bonchev–Trinajstić information content (AvgIpc) is 2.77. The van der Waals surface area contributed by atoms with E-state index in [1.807, 2.05) is 0 Å². The summed E-state index contributed by atoms with van der Waals surface area (Å²) in [5.41, 5.74) is -0.0758. The van der Waals surface area contributed by atoms with Crippen molar-refractivity contribution in [1.29, 1.82) is 0 Å². The first-order chi connectivity index (χ1) is 8.91. The topological polar surface area (TPSA) is 29.1 Å². The van der Waals surface area contributed by atoms with Gasteiger partial charge < -0.3 is 5.32 Å². The fraction of sp³-hybridized carbons (Fsp3) is 0.938. The van der Waals surface area contributed by atoms with E-state index in [0.29, 0.717) is 23.8 Å². The third kappa shape index (κ3) is 4.77. The molecule has 0 aromatic rings. The first-order valence-corrected chi connectivity index (χ1v) is 8.90. The van der Waals surface area contributed by atoms with Gasteiger partial charge in [0, 0.05) is 16.8 Å². The highest BCUT2D eigenvalue weighted by Gasteiger charge is 2.41. The van der Waals surface area contributed by atoms with Gasteiger partial charge >= 0.3 is 0 Å². The molecule has 19 heavy (non-hydrogen) atoms. The van der Waals surface area contributed by atoms with Crippen molar-refractivity contribution in [2.75, 3.05) is 5.33 Å². The number of rotatable bonds is 7. The Bertz CT molecular complexity index is 282. The average molecular weight is 332 g/mol. The summed E-state index contributed by atoms with van der Waals surface area (Å²) in [6, 6.07) is 0.302. The molecule has 1 aliphatic rings. The fourth-order valence-corrected chi connectivity index (χ4v) is 3.86. The maximum absolute atomic E-state index is 12.8. The number of hydrogen-bond donors (Lipinski definition) is 1. The molecule has 0 heterocycles. The minimum atomic E-state index is -0.0758. The van der Waals surface area contributed by atoms with Crippen LogP contribution in [-0.4, -0.2) is 17.3 Å². The summed E-state index contributed by atoms with van der Waals surface area (Å²) in [4.78, 5) is 12.8. The molecule has 0 bridgehead atoms. The third-order valence-electron chi connectivity index (χ3n) is 4.38. The van der Waals surface area contributed by atoms with Crippen LogP contribution in [0.4, 0.5) is 0 Å². The highest BCUT2D eigenvalue weighted by molar-refractivity contribution is 9.09. The van der Waals surface area contributed by atoms with Crippen molar-refractivity contribution in [3.05, 3.63) is 0 Å². The molecule has 1 fully saturated rings. The normalized spacial score (nSPS) is 19.9. The lowest BCUT2D eigenvalue weighted by atomic mass is 9.77. The molecule has 2 nitrogen and oxygen atoms in total. The van der Waals surface area contributed by atoms with Crippen LogP contribution in [0.25, 0.3) is 0 Å². The maximum Gasteiger partial charge on any atom is 0.226 e. The molecule has 112 valence electrons. The zero-order chi connectivity index (χ0) is 14.5. The number of carbonyl (C=O) groups excluding carboxylic acids is 1. The number of halogens is 1. The molecule has 0 aliphatic heterocycles. The summed E-state index contributed by atoms with van der Waals surface area (Å²) in [5.74, 6) is 1.41. The van der Waals surface area contributed by atoms with Gasteiger partial charge in [-0.1, -0.05) is 56.5 Å². The highest BCUT2D eigenvalue weighted by Crippen LogP contribution is 2.43. The molecule has 1 rings (SSSR count). The minimum absolute atomic E-state index is 0.0758. The van der Waals surface area contributed by atoms with Gasteiger partial charge in [-0.2, -0.15) is 0 Å². The maximum atomic E-state index is 12.8. The molecule has 1 amide bonds. The van der Waals surface area contributed by atoms with E-state index in [1.165, 1.54) is 12.8 Å². The largest absolute Gasteiger partial charge is 0.353 e. The molecule has 3 heteroatoms. The Labute approximate surface area is 127 Å². The minimum Gasteiger partial charge on any atom is -0.353 e. The molecule has 0 spiro atoms. The number of carbonyl (C=O) groups is 1. The van der Waals surface area contributed by atoms with E-state index >= 15 is 0 Å². The summed E-state index contributed by atoms with van der Waals surface area (Å²) in [7, 11) is 0. The van der Waals surface area contributed by atoms with Crippen LogP contribution in [-0.2, 0) is 4.79 Å². The molecule has 1 aliphatic carbocycles. The van der Waals surface area contributed by atoms with Crippen LogP contribution in [0.3, 0.4) is 0 Å². The molecule has 0 aromatic heterocycles. The predicted molar refractivity (Wildman–Crippen MR) is 85.5 cm³/mol. The van der Waals surface area contributed by atoms with Crippen LogP contribution in [0.5, 0.6) is 0 Å². The quantitative estimate of drug-likeness (QED) is 0.683. The van der Waals surface area contributed by atoms with Crippen molar-refractivity contribution in [2.45, 2.75) is 72.3 Å². The van der Waals surface area contributed by atoms with Crippen LogP contribution < -0.4 is 5.32 Å². The summed E-state index contributed by atoms with van der Waals surface area (Å²) in [6.07, 6.45) is 6.64. The van der Waals surface area contributed by atoms with Crippen LogP contribution in [0, 0.1) is 17.3 Å². The molecule has 0 radical (unpaired) electrons. The van der Waals surface area contributed by atoms with Crippen molar-refractivity contribution in [3.63, 3.8) is 0 Å². The van der Waals surface area contributed by atoms with Gasteiger partial charge in [-0.3, -0.25) is 4.79 Å². The van der Waals surface area contributed by atoms with Crippen molar-refractivity contribution in [3.8, 4) is 0 Å². The van der Waals surface area contributed by atoms with Gasteiger partial charge in [0.15, 0.2) is 0 Å². The number of amides is 1. The van der Waals surface area contributed by atoms with Gasteiger partial charge in [0.05, 0.1) is 0 Å². The lowest BCUT2D eigenvalue weighted by Crippen LogP contribution is -2.47. The standard InChI is InChI=1S/C16H30BrNO/c1-12(2)11-16(8-5-6-9-16)15(19)18-14(7-10-17)13(3)4/h12-14H,5-11H2,1-4H3,(H,18,19).